The summed E-state index contributed by atoms with van der Waals surface area (Å²) >= 11 is 0. The van der Waals surface area contributed by atoms with Crippen LogP contribution in [0, 0.1) is 5.92 Å². The summed E-state index contributed by atoms with van der Waals surface area (Å²) in [5.74, 6) is 2.17. The van der Waals surface area contributed by atoms with Crippen molar-refractivity contribution >= 4 is 29.0 Å². The summed E-state index contributed by atoms with van der Waals surface area (Å²) in [6, 6.07) is 40.3. The fraction of sp³-hybridized carbons (Fsp3) is 0.200. The minimum atomic E-state index is -0.676. The minimum absolute atomic E-state index is 0.0645. The van der Waals surface area contributed by atoms with Crippen LogP contribution in [0.5, 0.6) is 17.2 Å². The topological polar surface area (TPSA) is 32.7 Å². The first-order valence-corrected chi connectivity index (χ1v) is 19.1. The van der Waals surface area contributed by atoms with Crippen molar-refractivity contribution in [1.29, 1.82) is 0 Å². The van der Waals surface area contributed by atoms with Gasteiger partial charge in [0.2, 0.25) is 0 Å². The Morgan fingerprint density at radius 1 is 0.833 bits per heavy atom. The Morgan fingerprint density at radius 3 is 2.07 bits per heavy atom. The molecule has 0 amide bonds. The quantitative estimate of drug-likeness (QED) is 0.122. The van der Waals surface area contributed by atoms with Crippen LogP contribution in [-0.4, -0.2) is 11.8 Å². The highest BCUT2D eigenvalue weighted by Gasteiger charge is 2.47. The number of ether oxygens (including phenoxy) is 1. The van der Waals surface area contributed by atoms with E-state index in [1.165, 1.54) is 5.56 Å². The first-order chi connectivity index (χ1) is 26.0. The number of nitrogens with zero attached hydrogens (tertiary/aromatic N) is 1. The molecule has 0 atom stereocenters. The lowest BCUT2D eigenvalue weighted by atomic mass is 9.35. The van der Waals surface area contributed by atoms with Gasteiger partial charge in [-0.2, -0.15) is 0 Å². The Hall–Kier alpha value is -5.74. The van der Waals surface area contributed by atoms with E-state index in [9.17, 15) is 5.11 Å². The summed E-state index contributed by atoms with van der Waals surface area (Å²) in [5.41, 5.74) is 10.4. The van der Waals surface area contributed by atoms with Gasteiger partial charge in [-0.3, -0.25) is 0 Å². The van der Waals surface area contributed by atoms with Crippen LogP contribution in [0.1, 0.15) is 70.2 Å². The first-order valence-electron chi connectivity index (χ1n) is 19.1. The molecular formula is C50H50BNO2. The lowest BCUT2D eigenvalue weighted by molar-refractivity contribution is 0.460. The average Bonchev–Trinajstić information content (AvgIpc) is 3.17. The third kappa shape index (κ3) is 6.14. The Morgan fingerprint density at radius 2 is 1.48 bits per heavy atom. The highest BCUT2D eigenvalue weighted by Crippen LogP contribution is 2.56. The monoisotopic (exact) mass is 707 g/mol. The summed E-state index contributed by atoms with van der Waals surface area (Å²) in [7, 11) is 0. The van der Waals surface area contributed by atoms with Gasteiger partial charge >= 0.3 is 0 Å². The molecule has 0 unspecified atom stereocenters. The number of fused-ring (bicyclic) bond motifs is 3. The molecule has 0 saturated carbocycles. The number of benzene rings is 5. The first kappa shape index (κ1) is 36.6. The van der Waals surface area contributed by atoms with Crippen molar-refractivity contribution in [3.63, 3.8) is 0 Å². The second-order valence-corrected chi connectivity index (χ2v) is 15.8. The molecule has 2 aliphatic heterocycles. The zero-order valence-electron chi connectivity index (χ0n) is 32.4. The van der Waals surface area contributed by atoms with Crippen LogP contribution >= 0.6 is 0 Å². The summed E-state index contributed by atoms with van der Waals surface area (Å²) in [6.07, 6.45) is 11.5. The molecule has 0 bridgehead atoms. The Bertz CT molecular complexity index is 2270. The van der Waals surface area contributed by atoms with Crippen LogP contribution in [0.3, 0.4) is 0 Å². The van der Waals surface area contributed by atoms with Crippen molar-refractivity contribution in [1.82, 2.24) is 0 Å². The molecule has 5 aromatic rings. The van der Waals surface area contributed by atoms with Crippen LogP contribution in [0.2, 0.25) is 0 Å². The molecule has 0 fully saturated rings. The number of aromatic hydroxyl groups is 1. The van der Waals surface area contributed by atoms with Crippen LogP contribution in [0.25, 0.3) is 0 Å². The molecule has 7 rings (SSSR count). The molecule has 2 aliphatic rings. The molecule has 2 heterocycles. The third-order valence-corrected chi connectivity index (χ3v) is 10.9. The molecule has 1 N–H and O–H groups in total. The Kier molecular flexibility index (Phi) is 9.89. The van der Waals surface area contributed by atoms with Crippen molar-refractivity contribution in [2.75, 3.05) is 4.90 Å². The molecular weight excluding hydrogens is 657 g/mol. The predicted octanol–water partition coefficient (Wildman–Crippen LogP) is 11.6. The second kappa shape index (κ2) is 14.6. The van der Waals surface area contributed by atoms with Gasteiger partial charge in [0.15, 0.2) is 0 Å². The minimum Gasteiger partial charge on any atom is -0.508 e. The van der Waals surface area contributed by atoms with Gasteiger partial charge in [0.05, 0.1) is 22.5 Å². The van der Waals surface area contributed by atoms with Gasteiger partial charge in [-0.25, -0.2) is 0 Å². The van der Waals surface area contributed by atoms with E-state index in [2.05, 4.69) is 187 Å². The fourth-order valence-electron chi connectivity index (χ4n) is 8.36. The van der Waals surface area contributed by atoms with Crippen LogP contribution in [0.15, 0.2) is 176 Å². The largest absolute Gasteiger partial charge is 0.508 e. The number of hydrogen-bond donors (Lipinski definition) is 1. The van der Waals surface area contributed by atoms with E-state index in [0.29, 0.717) is 11.7 Å². The van der Waals surface area contributed by atoms with E-state index in [1.807, 2.05) is 18.2 Å². The molecule has 0 aromatic heterocycles. The number of rotatable bonds is 9. The van der Waals surface area contributed by atoms with Crippen molar-refractivity contribution in [3.8, 4) is 17.2 Å². The van der Waals surface area contributed by atoms with E-state index in [-0.39, 0.29) is 17.9 Å². The van der Waals surface area contributed by atoms with Crippen molar-refractivity contribution < 1.29 is 9.84 Å². The summed E-state index contributed by atoms with van der Waals surface area (Å²) in [5, 5.41) is 12.3. The maximum absolute atomic E-state index is 12.3. The van der Waals surface area contributed by atoms with Gasteiger partial charge in [-0.15, -0.1) is 0 Å². The molecule has 54 heavy (non-hydrogen) atoms. The molecule has 270 valence electrons. The summed E-state index contributed by atoms with van der Waals surface area (Å²) in [4.78, 5) is 2.20. The van der Waals surface area contributed by atoms with E-state index in [4.69, 9.17) is 4.74 Å². The number of allylic oxidation sites excluding steroid dienone is 7. The van der Waals surface area contributed by atoms with Crippen LogP contribution in [0.4, 0.5) is 11.4 Å². The van der Waals surface area contributed by atoms with Gasteiger partial charge in [0, 0.05) is 17.6 Å². The molecule has 4 heteroatoms. The summed E-state index contributed by atoms with van der Waals surface area (Å²) < 4.78 is 6.88. The molecule has 3 nitrogen and oxygen atoms in total. The van der Waals surface area contributed by atoms with Crippen LogP contribution < -0.4 is 20.6 Å². The molecule has 0 spiro atoms. The van der Waals surface area contributed by atoms with Crippen LogP contribution in [-0.2, 0) is 10.8 Å². The average molecular weight is 708 g/mol. The highest BCUT2D eigenvalue weighted by atomic mass is 16.5. The van der Waals surface area contributed by atoms with E-state index in [0.717, 1.165) is 67.9 Å². The lowest BCUT2D eigenvalue weighted by Gasteiger charge is -2.46. The zero-order valence-corrected chi connectivity index (χ0v) is 32.4. The fourth-order valence-corrected chi connectivity index (χ4v) is 8.36. The number of phenolic OH excluding ortho intramolecular Hbond substituents is 1. The third-order valence-electron chi connectivity index (χ3n) is 10.9. The molecule has 5 aromatic carbocycles. The van der Waals surface area contributed by atoms with Gasteiger partial charge in [0.25, 0.3) is 6.71 Å². The van der Waals surface area contributed by atoms with Gasteiger partial charge in [-0.05, 0) is 76.2 Å². The number of hydrogen-bond acceptors (Lipinski definition) is 3. The molecule has 0 saturated heterocycles. The maximum atomic E-state index is 12.3. The Labute approximate surface area is 322 Å². The van der Waals surface area contributed by atoms with E-state index < -0.39 is 5.41 Å². The van der Waals surface area contributed by atoms with Gasteiger partial charge in [-0.1, -0.05) is 169 Å². The van der Waals surface area contributed by atoms with Crippen molar-refractivity contribution in [3.05, 3.63) is 198 Å². The molecule has 0 aliphatic carbocycles. The highest BCUT2D eigenvalue weighted by molar-refractivity contribution is 6.93. The number of anilines is 2. The normalized spacial score (nSPS) is 15.1. The number of phenols is 1. The second-order valence-electron chi connectivity index (χ2n) is 15.8. The standard InChI is InChI=1S/C50H50BNO2/c1-9-38(26-20-21-34(4)5)51-42-30-29-37(49(6,7)8)31-46(42)54-47-33-39(32-45(53)48(47)51)52-43(11-3)40(10-2)50(35-22-14-12-15-23-35,36-24-16-13-17-25-36)41-27-18-19-28-44(41)52/h9-20,22-34,53H,2-3,21H2,1,4-8H3/b26-20-,38-9+. The van der Waals surface area contributed by atoms with Crippen molar-refractivity contribution in [2.45, 2.75) is 58.8 Å². The van der Waals surface area contributed by atoms with E-state index >= 15 is 0 Å². The Balaban J connectivity index is 1.49. The van der Waals surface area contributed by atoms with Gasteiger partial charge in [0.1, 0.15) is 17.2 Å². The molecule has 0 radical (unpaired) electrons. The van der Waals surface area contributed by atoms with Crippen molar-refractivity contribution in [2.24, 2.45) is 5.92 Å². The van der Waals surface area contributed by atoms with E-state index in [1.54, 1.807) is 0 Å². The smallest absolute Gasteiger partial charge is 0.255 e. The number of para-hydroxylation sites is 1. The zero-order chi connectivity index (χ0) is 38.2. The lowest BCUT2D eigenvalue weighted by Crippen LogP contribution is -2.48. The van der Waals surface area contributed by atoms with Gasteiger partial charge < -0.3 is 14.7 Å². The SMILES string of the molecule is C=CC1=C(C=C)C(c2ccccc2)(c2ccccc2)c2ccccc2N1c1cc(O)c2c(c1)Oc1cc(C(C)(C)C)ccc1B2C(/C=C\CC(C)C)=C/C. The summed E-state index contributed by atoms with van der Waals surface area (Å²) in [6.45, 7) is 21.8. The maximum Gasteiger partial charge on any atom is 0.255 e. The predicted molar refractivity (Wildman–Crippen MR) is 229 cm³/mol.